The van der Waals surface area contributed by atoms with E-state index in [0.717, 1.165) is 5.56 Å². The highest BCUT2D eigenvalue weighted by Gasteiger charge is 2.07. The molecule has 0 amide bonds. The van der Waals surface area contributed by atoms with Gasteiger partial charge in [-0.25, -0.2) is 0 Å². The van der Waals surface area contributed by atoms with Crippen molar-refractivity contribution in [3.8, 4) is 0 Å². The van der Waals surface area contributed by atoms with Gasteiger partial charge in [-0.15, -0.1) is 0 Å². The lowest BCUT2D eigenvalue weighted by molar-refractivity contribution is 0.171. The van der Waals surface area contributed by atoms with E-state index in [1.165, 1.54) is 0 Å². The number of hydrogen-bond acceptors (Lipinski definition) is 2. The second-order valence-corrected chi connectivity index (χ2v) is 4.07. The van der Waals surface area contributed by atoms with Crippen LogP contribution in [0.15, 0.2) is 24.3 Å². The summed E-state index contributed by atoms with van der Waals surface area (Å²) in [5.41, 5.74) is 0.852. The Hall–Kier alpha value is -0.570. The zero-order chi connectivity index (χ0) is 10.6. The van der Waals surface area contributed by atoms with Crippen molar-refractivity contribution < 1.29 is 5.11 Å². The number of aliphatic hydroxyl groups is 1. The number of benzene rings is 1. The van der Waals surface area contributed by atoms with Crippen LogP contribution in [0.1, 0.15) is 25.5 Å². The zero-order valence-corrected chi connectivity index (χ0v) is 9.25. The Kier molecular flexibility index (Phi) is 4.39. The van der Waals surface area contributed by atoms with Crippen molar-refractivity contribution >= 4 is 11.6 Å². The van der Waals surface area contributed by atoms with Gasteiger partial charge in [-0.05, 0) is 17.7 Å². The predicted octanol–water partition coefficient (Wildman–Crippen LogP) is 2.37. The van der Waals surface area contributed by atoms with Crippen molar-refractivity contribution in [2.24, 2.45) is 0 Å². The lowest BCUT2D eigenvalue weighted by Gasteiger charge is -2.14. The maximum atomic E-state index is 9.77. The van der Waals surface area contributed by atoms with E-state index in [0.29, 0.717) is 17.6 Å². The fourth-order valence-electron chi connectivity index (χ4n) is 1.18. The van der Waals surface area contributed by atoms with Crippen LogP contribution in [-0.2, 0) is 0 Å². The number of rotatable bonds is 4. The largest absolute Gasteiger partial charge is 0.387 e. The molecule has 78 valence electrons. The minimum atomic E-state index is -0.490. The van der Waals surface area contributed by atoms with Gasteiger partial charge in [0.05, 0.1) is 6.10 Å². The van der Waals surface area contributed by atoms with Gasteiger partial charge in [0, 0.05) is 17.6 Å². The summed E-state index contributed by atoms with van der Waals surface area (Å²) in [5.74, 6) is 0. The summed E-state index contributed by atoms with van der Waals surface area (Å²) in [6, 6.07) is 7.68. The molecule has 0 radical (unpaired) electrons. The summed E-state index contributed by atoms with van der Waals surface area (Å²) >= 11 is 5.82. The summed E-state index contributed by atoms with van der Waals surface area (Å²) in [5, 5.41) is 13.6. The van der Waals surface area contributed by atoms with E-state index >= 15 is 0 Å². The molecule has 14 heavy (non-hydrogen) atoms. The SMILES string of the molecule is CC(C)NCC(O)c1cccc(Cl)c1. The van der Waals surface area contributed by atoms with Gasteiger partial charge in [0.25, 0.3) is 0 Å². The van der Waals surface area contributed by atoms with Crippen LogP contribution in [0.25, 0.3) is 0 Å². The van der Waals surface area contributed by atoms with Gasteiger partial charge in [0.1, 0.15) is 0 Å². The molecular weight excluding hydrogens is 198 g/mol. The number of nitrogens with one attached hydrogen (secondary N) is 1. The minimum Gasteiger partial charge on any atom is -0.387 e. The second kappa shape index (κ2) is 5.35. The summed E-state index contributed by atoms with van der Waals surface area (Å²) in [4.78, 5) is 0. The summed E-state index contributed by atoms with van der Waals surface area (Å²) < 4.78 is 0. The normalized spacial score (nSPS) is 13.2. The molecule has 0 aromatic heterocycles. The molecule has 0 aliphatic carbocycles. The monoisotopic (exact) mass is 213 g/mol. The third-order valence-corrected chi connectivity index (χ3v) is 2.19. The lowest BCUT2D eigenvalue weighted by Crippen LogP contribution is -2.27. The second-order valence-electron chi connectivity index (χ2n) is 3.63. The molecular formula is C11H16ClNO. The molecule has 2 nitrogen and oxygen atoms in total. The summed E-state index contributed by atoms with van der Waals surface area (Å²) in [7, 11) is 0. The van der Waals surface area contributed by atoms with Crippen LogP contribution in [0.4, 0.5) is 0 Å². The third-order valence-electron chi connectivity index (χ3n) is 1.95. The fraction of sp³-hybridized carbons (Fsp3) is 0.455. The van der Waals surface area contributed by atoms with Gasteiger partial charge in [0.2, 0.25) is 0 Å². The molecule has 3 heteroatoms. The highest BCUT2D eigenvalue weighted by atomic mass is 35.5. The van der Waals surface area contributed by atoms with E-state index < -0.39 is 6.10 Å². The van der Waals surface area contributed by atoms with Crippen LogP contribution in [-0.4, -0.2) is 17.7 Å². The maximum Gasteiger partial charge on any atom is 0.0914 e. The molecule has 0 fully saturated rings. The van der Waals surface area contributed by atoms with Gasteiger partial charge in [0.15, 0.2) is 0 Å². The average Bonchev–Trinajstić information content (AvgIpc) is 2.14. The van der Waals surface area contributed by atoms with E-state index in [9.17, 15) is 5.11 Å². The van der Waals surface area contributed by atoms with E-state index in [-0.39, 0.29) is 0 Å². The minimum absolute atomic E-state index is 0.379. The van der Waals surface area contributed by atoms with Crippen LogP contribution in [0.5, 0.6) is 0 Å². The summed E-state index contributed by atoms with van der Waals surface area (Å²) in [6.45, 7) is 4.65. The zero-order valence-electron chi connectivity index (χ0n) is 8.50. The van der Waals surface area contributed by atoms with Crippen molar-refractivity contribution in [1.82, 2.24) is 5.32 Å². The molecule has 1 aromatic carbocycles. The van der Waals surface area contributed by atoms with Gasteiger partial charge in [-0.3, -0.25) is 0 Å². The first-order valence-electron chi connectivity index (χ1n) is 4.76. The maximum absolute atomic E-state index is 9.77. The molecule has 1 rings (SSSR count). The van der Waals surface area contributed by atoms with Crippen LogP contribution in [0, 0.1) is 0 Å². The van der Waals surface area contributed by atoms with E-state index in [2.05, 4.69) is 5.32 Å². The van der Waals surface area contributed by atoms with Gasteiger partial charge < -0.3 is 10.4 Å². The molecule has 0 aliphatic heterocycles. The van der Waals surface area contributed by atoms with Crippen molar-refractivity contribution in [3.05, 3.63) is 34.9 Å². The lowest BCUT2D eigenvalue weighted by atomic mass is 10.1. The molecule has 0 saturated heterocycles. The molecule has 0 saturated carbocycles. The topological polar surface area (TPSA) is 32.3 Å². The van der Waals surface area contributed by atoms with Crippen LogP contribution in [0.2, 0.25) is 5.02 Å². The van der Waals surface area contributed by atoms with Crippen molar-refractivity contribution in [2.45, 2.75) is 26.0 Å². The first-order valence-corrected chi connectivity index (χ1v) is 5.14. The Morgan fingerprint density at radius 1 is 1.43 bits per heavy atom. The number of hydrogen-bond donors (Lipinski definition) is 2. The average molecular weight is 214 g/mol. The van der Waals surface area contributed by atoms with Crippen LogP contribution in [0.3, 0.4) is 0 Å². The van der Waals surface area contributed by atoms with Gasteiger partial charge >= 0.3 is 0 Å². The Bertz CT molecular complexity index is 288. The first-order chi connectivity index (χ1) is 6.59. The van der Waals surface area contributed by atoms with Gasteiger partial charge in [-0.2, -0.15) is 0 Å². The molecule has 1 atom stereocenters. The van der Waals surface area contributed by atoms with E-state index in [1.807, 2.05) is 26.0 Å². The smallest absolute Gasteiger partial charge is 0.0914 e. The first kappa shape index (κ1) is 11.5. The fourth-order valence-corrected chi connectivity index (χ4v) is 1.38. The standard InChI is InChI=1S/C11H16ClNO/c1-8(2)13-7-11(14)9-4-3-5-10(12)6-9/h3-6,8,11,13-14H,7H2,1-2H3. The number of aliphatic hydroxyl groups excluding tert-OH is 1. The quantitative estimate of drug-likeness (QED) is 0.805. The van der Waals surface area contributed by atoms with Crippen molar-refractivity contribution in [3.63, 3.8) is 0 Å². The Labute approximate surface area is 89.9 Å². The highest BCUT2D eigenvalue weighted by Crippen LogP contribution is 2.16. The molecule has 0 bridgehead atoms. The van der Waals surface area contributed by atoms with Crippen LogP contribution >= 0.6 is 11.6 Å². The van der Waals surface area contributed by atoms with Crippen molar-refractivity contribution in [2.75, 3.05) is 6.54 Å². The highest BCUT2D eigenvalue weighted by molar-refractivity contribution is 6.30. The van der Waals surface area contributed by atoms with E-state index in [1.54, 1.807) is 12.1 Å². The molecule has 2 N–H and O–H groups in total. The number of halogens is 1. The Balaban J connectivity index is 2.56. The third kappa shape index (κ3) is 3.66. The predicted molar refractivity (Wildman–Crippen MR) is 59.6 cm³/mol. The van der Waals surface area contributed by atoms with E-state index in [4.69, 9.17) is 11.6 Å². The van der Waals surface area contributed by atoms with Crippen molar-refractivity contribution in [1.29, 1.82) is 0 Å². The van der Waals surface area contributed by atoms with Gasteiger partial charge in [-0.1, -0.05) is 37.6 Å². The summed E-state index contributed by atoms with van der Waals surface area (Å²) in [6.07, 6.45) is -0.490. The molecule has 0 heterocycles. The molecule has 1 unspecified atom stereocenters. The Morgan fingerprint density at radius 2 is 2.14 bits per heavy atom. The molecule has 0 aliphatic rings. The van der Waals surface area contributed by atoms with Crippen LogP contribution < -0.4 is 5.32 Å². The molecule has 1 aromatic rings. The molecule has 0 spiro atoms. The Morgan fingerprint density at radius 3 is 2.71 bits per heavy atom.